The van der Waals surface area contributed by atoms with Gasteiger partial charge in [0, 0.05) is 32.8 Å². The van der Waals surface area contributed by atoms with Gasteiger partial charge in [-0.05, 0) is 91.3 Å². The van der Waals surface area contributed by atoms with E-state index in [9.17, 15) is 0 Å². The molecule has 4 nitrogen and oxygen atoms in total. The minimum absolute atomic E-state index is 0.628. The number of hydrogen-bond donors (Lipinski definition) is 0. The zero-order chi connectivity index (χ0) is 38.9. The molecule has 0 saturated carbocycles. The van der Waals surface area contributed by atoms with Crippen LogP contribution in [0.1, 0.15) is 0 Å². The molecule has 0 N–H and O–H groups in total. The van der Waals surface area contributed by atoms with Crippen molar-refractivity contribution in [3.05, 3.63) is 206 Å². The Morgan fingerprint density at radius 2 is 0.797 bits per heavy atom. The topological polar surface area (TPSA) is 43.6 Å². The second-order valence-electron chi connectivity index (χ2n) is 15.2. The van der Waals surface area contributed by atoms with E-state index in [1.807, 2.05) is 18.2 Å². The molecule has 274 valence electrons. The summed E-state index contributed by atoms with van der Waals surface area (Å²) in [7, 11) is 0. The Morgan fingerprint density at radius 1 is 0.288 bits per heavy atom. The fourth-order valence-electron chi connectivity index (χ4n) is 8.95. The Labute approximate surface area is 340 Å². The molecule has 0 aliphatic heterocycles. The average Bonchev–Trinajstić information content (AvgIpc) is 3.61. The Morgan fingerprint density at radius 3 is 1.42 bits per heavy atom. The molecule has 0 aliphatic carbocycles. The van der Waals surface area contributed by atoms with Crippen molar-refractivity contribution >= 4 is 64.9 Å². The van der Waals surface area contributed by atoms with Crippen LogP contribution in [0.25, 0.3) is 116 Å². The molecule has 2 aromatic heterocycles. The molecule has 0 radical (unpaired) electrons. The van der Waals surface area contributed by atoms with Crippen molar-refractivity contribution in [1.29, 1.82) is 0 Å². The van der Waals surface area contributed by atoms with Crippen molar-refractivity contribution in [2.24, 2.45) is 0 Å². The van der Waals surface area contributed by atoms with Gasteiger partial charge >= 0.3 is 0 Å². The number of rotatable bonds is 5. The average molecular weight is 751 g/mol. The highest BCUT2D eigenvalue weighted by atomic mass is 15.0. The van der Waals surface area contributed by atoms with Gasteiger partial charge in [-0.25, -0.2) is 15.0 Å². The highest BCUT2D eigenvalue weighted by Crippen LogP contribution is 2.43. The number of fused-ring (bicyclic) bond motifs is 7. The maximum absolute atomic E-state index is 5.29. The minimum Gasteiger partial charge on any atom is -0.309 e. The van der Waals surface area contributed by atoms with Gasteiger partial charge in [0.2, 0.25) is 0 Å². The lowest BCUT2D eigenvalue weighted by atomic mass is 9.93. The van der Waals surface area contributed by atoms with Crippen molar-refractivity contribution in [3.63, 3.8) is 0 Å². The van der Waals surface area contributed by atoms with E-state index in [0.29, 0.717) is 17.5 Å². The first-order chi connectivity index (χ1) is 29.2. The van der Waals surface area contributed by atoms with Gasteiger partial charge in [0.05, 0.1) is 16.7 Å². The molecule has 0 aliphatic rings. The predicted molar refractivity (Wildman–Crippen MR) is 246 cm³/mol. The van der Waals surface area contributed by atoms with Crippen molar-refractivity contribution < 1.29 is 0 Å². The van der Waals surface area contributed by atoms with E-state index in [2.05, 4.69) is 193 Å². The fraction of sp³-hybridized carbons (Fsp3) is 0. The largest absolute Gasteiger partial charge is 0.309 e. The zero-order valence-corrected chi connectivity index (χ0v) is 31.9. The second kappa shape index (κ2) is 13.3. The van der Waals surface area contributed by atoms with Crippen molar-refractivity contribution in [2.45, 2.75) is 0 Å². The van der Waals surface area contributed by atoms with E-state index < -0.39 is 0 Å². The number of aromatic nitrogens is 4. The first kappa shape index (κ1) is 33.2. The maximum Gasteiger partial charge on any atom is 0.164 e. The second-order valence-corrected chi connectivity index (χ2v) is 15.2. The van der Waals surface area contributed by atoms with Gasteiger partial charge in [0.15, 0.2) is 17.5 Å². The summed E-state index contributed by atoms with van der Waals surface area (Å²) in [5.74, 6) is 1.90. The van der Waals surface area contributed by atoms with E-state index >= 15 is 0 Å². The van der Waals surface area contributed by atoms with E-state index in [0.717, 1.165) is 60.7 Å². The van der Waals surface area contributed by atoms with Gasteiger partial charge in [-0.2, -0.15) is 0 Å². The monoisotopic (exact) mass is 750 g/mol. The first-order valence-electron chi connectivity index (χ1n) is 20.0. The van der Waals surface area contributed by atoms with Gasteiger partial charge in [-0.15, -0.1) is 0 Å². The van der Waals surface area contributed by atoms with Gasteiger partial charge < -0.3 is 4.57 Å². The van der Waals surface area contributed by atoms with Crippen LogP contribution in [0.5, 0.6) is 0 Å². The molecule has 0 spiro atoms. The summed E-state index contributed by atoms with van der Waals surface area (Å²) in [4.78, 5) is 15.6. The fourth-order valence-corrected chi connectivity index (χ4v) is 8.95. The molecule has 2 heterocycles. The molecule has 0 fully saturated rings. The van der Waals surface area contributed by atoms with Crippen LogP contribution in [-0.2, 0) is 0 Å². The Balaban J connectivity index is 1.18. The number of nitrogens with zero attached hydrogens (tertiary/aromatic N) is 4. The molecule has 0 amide bonds. The van der Waals surface area contributed by atoms with Crippen LogP contribution in [0.4, 0.5) is 0 Å². The van der Waals surface area contributed by atoms with E-state index in [4.69, 9.17) is 15.0 Å². The molecule has 0 unspecified atom stereocenters. The Bertz CT molecular complexity index is 3510. The standard InChI is InChI=1S/C55H34N4/c1-3-15-36(16-4-1)44-24-13-25-45-46(55-57-53(37-17-5-2-6-18-37)56-54(58-55)43-27-26-35-14-7-8-19-38(35)30-43)28-29-49(52(44)45)59-50-33-41-22-11-9-20-39(41)31-47(50)48-32-40-21-10-12-23-42(40)34-51(48)59/h1-34H. The summed E-state index contributed by atoms with van der Waals surface area (Å²) < 4.78 is 2.48. The molecule has 4 heteroatoms. The highest BCUT2D eigenvalue weighted by molar-refractivity contribution is 6.18. The van der Waals surface area contributed by atoms with Gasteiger partial charge in [-0.3, -0.25) is 0 Å². The van der Waals surface area contributed by atoms with Gasteiger partial charge in [0.1, 0.15) is 0 Å². The van der Waals surface area contributed by atoms with Crippen molar-refractivity contribution in [2.75, 3.05) is 0 Å². The lowest BCUT2D eigenvalue weighted by Gasteiger charge is -2.18. The molecule has 0 saturated heterocycles. The van der Waals surface area contributed by atoms with E-state index in [1.54, 1.807) is 0 Å². The van der Waals surface area contributed by atoms with Crippen LogP contribution < -0.4 is 0 Å². The lowest BCUT2D eigenvalue weighted by Crippen LogP contribution is -2.02. The lowest BCUT2D eigenvalue weighted by molar-refractivity contribution is 1.08. The van der Waals surface area contributed by atoms with Crippen LogP contribution >= 0.6 is 0 Å². The zero-order valence-electron chi connectivity index (χ0n) is 31.9. The molecular formula is C55H34N4. The summed E-state index contributed by atoms with van der Waals surface area (Å²) in [6, 6.07) is 73.6. The van der Waals surface area contributed by atoms with Gasteiger partial charge in [0.25, 0.3) is 0 Å². The third kappa shape index (κ3) is 5.49. The molecule has 59 heavy (non-hydrogen) atoms. The molecular weight excluding hydrogens is 717 g/mol. The molecule has 10 aromatic carbocycles. The van der Waals surface area contributed by atoms with Crippen LogP contribution in [-0.4, -0.2) is 19.5 Å². The van der Waals surface area contributed by atoms with E-state index in [1.165, 1.54) is 37.7 Å². The van der Waals surface area contributed by atoms with Crippen LogP contribution in [0.15, 0.2) is 206 Å². The van der Waals surface area contributed by atoms with Crippen LogP contribution in [0.3, 0.4) is 0 Å². The van der Waals surface area contributed by atoms with Crippen molar-refractivity contribution in [1.82, 2.24) is 19.5 Å². The molecule has 0 bridgehead atoms. The SMILES string of the molecule is c1ccc(-c2nc(-c3ccc4ccccc4c3)nc(-c3ccc(-n4c5cc6ccccc6cc5c5cc6ccccc6cc54)c4c(-c5ccccc5)cccc34)n2)cc1. The molecule has 0 atom stereocenters. The van der Waals surface area contributed by atoms with Crippen molar-refractivity contribution in [3.8, 4) is 51.0 Å². The summed E-state index contributed by atoms with van der Waals surface area (Å²) >= 11 is 0. The first-order valence-corrected chi connectivity index (χ1v) is 20.0. The number of hydrogen-bond acceptors (Lipinski definition) is 3. The third-order valence-corrected chi connectivity index (χ3v) is 11.8. The van der Waals surface area contributed by atoms with E-state index in [-0.39, 0.29) is 0 Å². The Kier molecular flexibility index (Phi) is 7.50. The predicted octanol–water partition coefficient (Wildman–Crippen LogP) is 14.2. The normalized spacial score (nSPS) is 11.7. The van der Waals surface area contributed by atoms with Crippen LogP contribution in [0.2, 0.25) is 0 Å². The highest BCUT2D eigenvalue weighted by Gasteiger charge is 2.22. The summed E-state index contributed by atoms with van der Waals surface area (Å²) in [6.45, 7) is 0. The summed E-state index contributed by atoms with van der Waals surface area (Å²) in [5, 5.41) is 11.8. The molecule has 12 aromatic rings. The minimum atomic E-state index is 0.628. The van der Waals surface area contributed by atoms with Crippen LogP contribution in [0, 0.1) is 0 Å². The third-order valence-electron chi connectivity index (χ3n) is 11.8. The smallest absolute Gasteiger partial charge is 0.164 e. The molecule has 12 rings (SSSR count). The maximum atomic E-state index is 5.29. The summed E-state index contributed by atoms with van der Waals surface area (Å²) in [5.41, 5.74) is 8.54. The quantitative estimate of drug-likeness (QED) is 0.176. The summed E-state index contributed by atoms with van der Waals surface area (Å²) in [6.07, 6.45) is 0. The van der Waals surface area contributed by atoms with Gasteiger partial charge in [-0.1, -0.05) is 164 Å². The number of benzene rings is 10. The Hall–Kier alpha value is -7.95.